The van der Waals surface area contributed by atoms with Gasteiger partial charge >= 0.3 is 0 Å². The fourth-order valence-electron chi connectivity index (χ4n) is 3.06. The van der Waals surface area contributed by atoms with Crippen LogP contribution in [0.4, 0.5) is 0 Å². The summed E-state index contributed by atoms with van der Waals surface area (Å²) < 4.78 is 0. The minimum atomic E-state index is 0.763. The molecule has 0 radical (unpaired) electrons. The van der Waals surface area contributed by atoms with Crippen LogP contribution < -0.4 is 0 Å². The quantitative estimate of drug-likeness (QED) is 0.536. The van der Waals surface area contributed by atoms with Gasteiger partial charge in [0.05, 0.1) is 0 Å². The molecule has 1 saturated carbocycles. The van der Waals surface area contributed by atoms with Crippen molar-refractivity contribution in [3.63, 3.8) is 0 Å². The SMILES string of the molecule is CC1CCCC2(CC1)CN(C)C2. The van der Waals surface area contributed by atoms with E-state index < -0.39 is 0 Å². The van der Waals surface area contributed by atoms with Crippen LogP contribution in [0.15, 0.2) is 0 Å². The molecule has 2 rings (SSSR count). The summed E-state index contributed by atoms with van der Waals surface area (Å²) in [6, 6.07) is 0. The number of hydrogen-bond acceptors (Lipinski definition) is 1. The van der Waals surface area contributed by atoms with Crippen molar-refractivity contribution >= 4 is 0 Å². The van der Waals surface area contributed by atoms with Crippen molar-refractivity contribution < 1.29 is 0 Å². The van der Waals surface area contributed by atoms with Crippen LogP contribution in [0.5, 0.6) is 0 Å². The Labute approximate surface area is 76.1 Å². The van der Waals surface area contributed by atoms with Gasteiger partial charge in [-0.15, -0.1) is 0 Å². The first-order valence-corrected chi connectivity index (χ1v) is 5.39. The Bertz CT molecular complexity index is 158. The molecule has 0 aromatic carbocycles. The van der Waals surface area contributed by atoms with Crippen molar-refractivity contribution in [3.05, 3.63) is 0 Å². The Morgan fingerprint density at radius 2 is 1.92 bits per heavy atom. The van der Waals surface area contributed by atoms with Gasteiger partial charge in [0.15, 0.2) is 0 Å². The number of likely N-dealkylation sites (tertiary alicyclic amines) is 1. The topological polar surface area (TPSA) is 3.24 Å². The molecule has 1 nitrogen and oxygen atoms in total. The van der Waals surface area contributed by atoms with E-state index in [9.17, 15) is 0 Å². The van der Waals surface area contributed by atoms with E-state index in [1.54, 1.807) is 0 Å². The average Bonchev–Trinajstić information content (AvgIpc) is 2.12. The molecular formula is C11H21N. The Kier molecular flexibility index (Phi) is 2.16. The summed E-state index contributed by atoms with van der Waals surface area (Å²) >= 11 is 0. The van der Waals surface area contributed by atoms with Crippen molar-refractivity contribution in [2.75, 3.05) is 20.1 Å². The third kappa shape index (κ3) is 1.52. The lowest BCUT2D eigenvalue weighted by molar-refractivity contribution is 0.00814. The molecule has 1 aliphatic heterocycles. The first-order valence-electron chi connectivity index (χ1n) is 5.39. The highest BCUT2D eigenvalue weighted by Crippen LogP contribution is 2.43. The molecule has 2 aliphatic rings. The lowest BCUT2D eigenvalue weighted by Gasteiger charge is -2.48. The smallest absolute Gasteiger partial charge is 0.00474 e. The maximum Gasteiger partial charge on any atom is 0.00474 e. The van der Waals surface area contributed by atoms with Crippen molar-refractivity contribution in [1.29, 1.82) is 0 Å². The van der Waals surface area contributed by atoms with Crippen LogP contribution in [0, 0.1) is 11.3 Å². The van der Waals surface area contributed by atoms with Gasteiger partial charge in [-0.1, -0.05) is 26.2 Å². The van der Waals surface area contributed by atoms with Gasteiger partial charge in [0.25, 0.3) is 0 Å². The molecule has 1 spiro atoms. The van der Waals surface area contributed by atoms with Gasteiger partial charge < -0.3 is 4.90 Å². The lowest BCUT2D eigenvalue weighted by Crippen LogP contribution is -2.53. The predicted octanol–water partition coefficient (Wildman–Crippen LogP) is 2.52. The van der Waals surface area contributed by atoms with Crippen LogP contribution >= 0.6 is 0 Å². The van der Waals surface area contributed by atoms with E-state index >= 15 is 0 Å². The Hall–Kier alpha value is -0.0400. The zero-order chi connectivity index (χ0) is 8.60. The van der Waals surface area contributed by atoms with E-state index in [1.807, 2.05) is 0 Å². The molecule has 0 amide bonds. The standard InChI is InChI=1S/C11H21N/c1-10-4-3-6-11(7-5-10)8-12(2)9-11/h10H,3-9H2,1-2H3. The molecule has 70 valence electrons. The summed E-state index contributed by atoms with van der Waals surface area (Å²) in [5.41, 5.74) is 0.763. The van der Waals surface area contributed by atoms with Gasteiger partial charge in [-0.3, -0.25) is 0 Å². The number of rotatable bonds is 0. The van der Waals surface area contributed by atoms with E-state index in [1.165, 1.54) is 45.2 Å². The van der Waals surface area contributed by atoms with Crippen LogP contribution in [-0.4, -0.2) is 25.0 Å². The molecule has 0 N–H and O–H groups in total. The van der Waals surface area contributed by atoms with Gasteiger partial charge in [0, 0.05) is 13.1 Å². The summed E-state index contributed by atoms with van der Waals surface area (Å²) in [5.74, 6) is 0.996. The lowest BCUT2D eigenvalue weighted by atomic mass is 9.74. The molecule has 0 aromatic heterocycles. The molecule has 2 fully saturated rings. The van der Waals surface area contributed by atoms with Crippen molar-refractivity contribution in [2.24, 2.45) is 11.3 Å². The van der Waals surface area contributed by atoms with Crippen molar-refractivity contribution in [1.82, 2.24) is 4.90 Å². The highest BCUT2D eigenvalue weighted by atomic mass is 15.2. The molecule has 1 saturated heterocycles. The maximum absolute atomic E-state index is 2.47. The second-order valence-electron chi connectivity index (χ2n) is 5.21. The van der Waals surface area contributed by atoms with Crippen LogP contribution in [-0.2, 0) is 0 Å². The molecule has 1 unspecified atom stereocenters. The highest BCUT2D eigenvalue weighted by Gasteiger charge is 2.41. The van der Waals surface area contributed by atoms with E-state index in [2.05, 4.69) is 18.9 Å². The summed E-state index contributed by atoms with van der Waals surface area (Å²) in [7, 11) is 2.25. The van der Waals surface area contributed by atoms with Crippen molar-refractivity contribution in [2.45, 2.75) is 39.0 Å². The first-order chi connectivity index (χ1) is 5.70. The molecule has 0 bridgehead atoms. The van der Waals surface area contributed by atoms with Gasteiger partial charge in [0.1, 0.15) is 0 Å². The van der Waals surface area contributed by atoms with Gasteiger partial charge in [-0.05, 0) is 31.2 Å². The predicted molar refractivity (Wildman–Crippen MR) is 52.2 cm³/mol. The Morgan fingerprint density at radius 3 is 2.58 bits per heavy atom. The molecule has 12 heavy (non-hydrogen) atoms. The molecule has 0 aromatic rings. The number of nitrogens with zero attached hydrogens (tertiary/aromatic N) is 1. The van der Waals surface area contributed by atoms with Gasteiger partial charge in [-0.25, -0.2) is 0 Å². The summed E-state index contributed by atoms with van der Waals surface area (Å²) in [6.07, 6.45) is 7.44. The average molecular weight is 167 g/mol. The molecular weight excluding hydrogens is 146 g/mol. The zero-order valence-corrected chi connectivity index (χ0v) is 8.47. The van der Waals surface area contributed by atoms with E-state index in [0.717, 1.165) is 11.3 Å². The third-order valence-electron chi connectivity index (χ3n) is 3.78. The second-order valence-corrected chi connectivity index (χ2v) is 5.21. The molecule has 1 aliphatic carbocycles. The fourth-order valence-corrected chi connectivity index (χ4v) is 3.06. The first kappa shape index (κ1) is 8.55. The fraction of sp³-hybridized carbons (Fsp3) is 1.00. The summed E-state index contributed by atoms with van der Waals surface area (Å²) in [5, 5.41) is 0. The molecule has 1 heteroatoms. The minimum absolute atomic E-state index is 0.763. The van der Waals surface area contributed by atoms with Crippen LogP contribution in [0.1, 0.15) is 39.0 Å². The van der Waals surface area contributed by atoms with Crippen molar-refractivity contribution in [3.8, 4) is 0 Å². The largest absolute Gasteiger partial charge is 0.305 e. The van der Waals surface area contributed by atoms with Crippen LogP contribution in [0.25, 0.3) is 0 Å². The molecule has 1 heterocycles. The van der Waals surface area contributed by atoms with Gasteiger partial charge in [-0.2, -0.15) is 0 Å². The summed E-state index contributed by atoms with van der Waals surface area (Å²) in [4.78, 5) is 2.47. The Morgan fingerprint density at radius 1 is 1.17 bits per heavy atom. The van der Waals surface area contributed by atoms with Crippen LogP contribution in [0.2, 0.25) is 0 Å². The monoisotopic (exact) mass is 167 g/mol. The third-order valence-corrected chi connectivity index (χ3v) is 3.78. The summed E-state index contributed by atoms with van der Waals surface area (Å²) in [6.45, 7) is 5.17. The maximum atomic E-state index is 2.47. The zero-order valence-electron chi connectivity index (χ0n) is 8.47. The van der Waals surface area contributed by atoms with Crippen LogP contribution in [0.3, 0.4) is 0 Å². The van der Waals surface area contributed by atoms with Gasteiger partial charge in [0.2, 0.25) is 0 Å². The molecule has 1 atom stereocenters. The minimum Gasteiger partial charge on any atom is -0.305 e. The number of hydrogen-bond donors (Lipinski definition) is 0. The highest BCUT2D eigenvalue weighted by molar-refractivity contribution is 4.94. The second kappa shape index (κ2) is 3.02. The normalized spacial score (nSPS) is 36.0. The van der Waals surface area contributed by atoms with E-state index in [0.29, 0.717) is 0 Å². The van der Waals surface area contributed by atoms with E-state index in [-0.39, 0.29) is 0 Å². The van der Waals surface area contributed by atoms with E-state index in [4.69, 9.17) is 0 Å². The Balaban J connectivity index is 1.91.